The Morgan fingerprint density at radius 3 is 0.796 bits per heavy atom. The van der Waals surface area contributed by atoms with Crippen LogP contribution in [0.2, 0.25) is 0 Å². The number of hydrogen-bond donors (Lipinski definition) is 0. The molecule has 13 heteroatoms. The zero-order chi connectivity index (χ0) is 34.8. The van der Waals surface area contributed by atoms with E-state index in [4.69, 9.17) is 0 Å². The van der Waals surface area contributed by atoms with Crippen LogP contribution in [-0.2, 0) is 38.6 Å². The quantitative estimate of drug-likeness (QED) is 0.166. The Morgan fingerprint density at radius 2 is 0.592 bits per heavy atom. The fourth-order valence-electron chi connectivity index (χ4n) is 4.17. The fraction of sp³-hybridized carbons (Fsp3) is 0.0833. The van der Waals surface area contributed by atoms with Crippen LogP contribution in [0.1, 0.15) is 16.7 Å². The number of benzene rings is 3. The van der Waals surface area contributed by atoms with Gasteiger partial charge in [0.1, 0.15) is 0 Å². The topological polar surface area (TPSA) is 38.7 Å². The van der Waals surface area contributed by atoms with Crippen molar-refractivity contribution in [1.29, 1.82) is 0 Å². The van der Waals surface area contributed by atoms with Gasteiger partial charge in [-0.3, -0.25) is 15.0 Å². The second-order valence-electron chi connectivity index (χ2n) is 9.88. The number of halogens is 9. The predicted molar refractivity (Wildman–Crippen MR) is 164 cm³/mol. The number of hydrogen-bond acceptors (Lipinski definition) is 3. The molecule has 49 heavy (non-hydrogen) atoms. The molecule has 0 bridgehead atoms. The zero-order valence-electron chi connectivity index (χ0n) is 24.9. The summed E-state index contributed by atoms with van der Waals surface area (Å²) in [5.74, 6) is 0. The minimum atomic E-state index is -4.31. The van der Waals surface area contributed by atoms with E-state index in [9.17, 15) is 39.5 Å². The summed E-state index contributed by atoms with van der Waals surface area (Å²) in [5, 5.41) is 0. The molecule has 0 N–H and O–H groups in total. The monoisotopic (exact) mass is 862 g/mol. The second-order valence-corrected chi connectivity index (χ2v) is 9.88. The van der Waals surface area contributed by atoms with E-state index in [1.807, 2.05) is 0 Å². The van der Waals surface area contributed by atoms with E-state index < -0.39 is 35.2 Å². The molecule has 0 aliphatic carbocycles. The van der Waals surface area contributed by atoms with Crippen LogP contribution in [0.3, 0.4) is 0 Å². The molecule has 0 spiro atoms. The zero-order valence-corrected chi connectivity index (χ0v) is 27.3. The molecule has 0 unspecified atom stereocenters. The predicted octanol–water partition coefficient (Wildman–Crippen LogP) is 11.3. The molecule has 3 aromatic heterocycles. The molecule has 0 aliphatic rings. The van der Waals surface area contributed by atoms with Crippen molar-refractivity contribution in [1.82, 2.24) is 15.0 Å². The molecule has 0 fully saturated rings. The first-order valence-corrected chi connectivity index (χ1v) is 14.0. The van der Waals surface area contributed by atoms with Crippen molar-refractivity contribution in [3.63, 3.8) is 0 Å². The minimum absolute atomic E-state index is 0. The van der Waals surface area contributed by atoms with Gasteiger partial charge in [0.2, 0.25) is 0 Å². The molecule has 252 valence electrons. The van der Waals surface area contributed by atoms with Crippen LogP contribution < -0.4 is 0 Å². The van der Waals surface area contributed by atoms with Crippen LogP contribution >= 0.6 is 0 Å². The largest absolute Gasteiger partial charge is 3.00 e. The van der Waals surface area contributed by atoms with Crippen LogP contribution in [-0.4, -0.2) is 15.0 Å². The van der Waals surface area contributed by atoms with Gasteiger partial charge in [0.05, 0.1) is 33.8 Å². The van der Waals surface area contributed by atoms with Gasteiger partial charge in [0.25, 0.3) is 0 Å². The minimum Gasteiger partial charge on any atom is -0.256 e. The SMILES string of the molecule is FC(F)(F)c1cccc(-c2ccccn2)c1.FC(F)(F)c1cccc(-c2ccccn2)c1.FC(F)(F)c1cccc(-c2ccccn2)c1.[Ir+3]. The Hall–Kier alpha value is -4.87. The van der Waals surface area contributed by atoms with Gasteiger partial charge in [0.15, 0.2) is 0 Å². The third-order valence-electron chi connectivity index (χ3n) is 6.45. The van der Waals surface area contributed by atoms with E-state index in [0.29, 0.717) is 33.8 Å². The maximum atomic E-state index is 12.5. The van der Waals surface area contributed by atoms with Gasteiger partial charge in [-0.1, -0.05) is 54.6 Å². The Bertz CT molecular complexity index is 1660. The summed E-state index contributed by atoms with van der Waals surface area (Å²) < 4.78 is 112. The van der Waals surface area contributed by atoms with Crippen molar-refractivity contribution in [2.75, 3.05) is 0 Å². The molecule has 0 radical (unpaired) electrons. The molecule has 6 rings (SSSR count). The number of pyridine rings is 3. The van der Waals surface area contributed by atoms with Crippen molar-refractivity contribution < 1.29 is 59.6 Å². The third-order valence-corrected chi connectivity index (χ3v) is 6.45. The fourth-order valence-corrected chi connectivity index (χ4v) is 4.17. The van der Waals surface area contributed by atoms with Gasteiger partial charge < -0.3 is 0 Å². The maximum absolute atomic E-state index is 12.5. The van der Waals surface area contributed by atoms with E-state index in [1.54, 1.807) is 91.4 Å². The molecule has 0 amide bonds. The molecular formula is C36H24F9IrN3+3. The van der Waals surface area contributed by atoms with Crippen molar-refractivity contribution in [3.8, 4) is 33.8 Å². The van der Waals surface area contributed by atoms with Crippen LogP contribution in [0.4, 0.5) is 39.5 Å². The normalized spacial score (nSPS) is 11.2. The Labute approximate surface area is 288 Å². The molecule has 0 aliphatic heterocycles. The van der Waals surface area contributed by atoms with Crippen molar-refractivity contribution >= 4 is 0 Å². The summed E-state index contributed by atoms with van der Waals surface area (Å²) in [6.45, 7) is 0. The van der Waals surface area contributed by atoms with Crippen LogP contribution in [0.15, 0.2) is 146 Å². The Balaban J connectivity index is 0.000000197. The van der Waals surface area contributed by atoms with Crippen LogP contribution in [0, 0.1) is 0 Å². The number of alkyl halides is 9. The summed E-state index contributed by atoms with van der Waals surface area (Å²) in [4.78, 5) is 12.0. The average molecular weight is 862 g/mol. The molecule has 6 aromatic rings. The first kappa shape index (κ1) is 38.6. The molecule has 3 aromatic carbocycles. The maximum Gasteiger partial charge on any atom is 3.00 e. The molecule has 3 nitrogen and oxygen atoms in total. The second kappa shape index (κ2) is 17.0. The summed E-state index contributed by atoms with van der Waals surface area (Å²) in [5.41, 5.74) is 1.04. The number of aromatic nitrogens is 3. The van der Waals surface area contributed by atoms with Gasteiger partial charge in [-0.25, -0.2) is 0 Å². The molecular weight excluding hydrogens is 838 g/mol. The Morgan fingerprint density at radius 1 is 0.327 bits per heavy atom. The smallest absolute Gasteiger partial charge is 0.256 e. The van der Waals surface area contributed by atoms with E-state index in [0.717, 1.165) is 36.4 Å². The van der Waals surface area contributed by atoms with Gasteiger partial charge in [-0.2, -0.15) is 39.5 Å². The first-order chi connectivity index (χ1) is 22.7. The van der Waals surface area contributed by atoms with Crippen molar-refractivity contribution in [2.24, 2.45) is 0 Å². The van der Waals surface area contributed by atoms with Gasteiger partial charge in [-0.15, -0.1) is 0 Å². The molecule has 0 atom stereocenters. The number of rotatable bonds is 3. The first-order valence-electron chi connectivity index (χ1n) is 14.0. The summed E-state index contributed by atoms with van der Waals surface area (Å²) in [6, 6.07) is 30.8. The number of nitrogens with zero attached hydrogens (tertiary/aromatic N) is 3. The summed E-state index contributed by atoms with van der Waals surface area (Å²) in [6.07, 6.45) is -8.29. The van der Waals surface area contributed by atoms with E-state index in [1.165, 1.54) is 18.2 Å². The summed E-state index contributed by atoms with van der Waals surface area (Å²) in [7, 11) is 0. The van der Waals surface area contributed by atoms with Gasteiger partial charge >= 0.3 is 38.6 Å². The van der Waals surface area contributed by atoms with Gasteiger partial charge in [-0.05, 0) is 72.8 Å². The summed E-state index contributed by atoms with van der Waals surface area (Å²) >= 11 is 0. The average Bonchev–Trinajstić information content (AvgIpc) is 3.09. The van der Waals surface area contributed by atoms with Crippen LogP contribution in [0.25, 0.3) is 33.8 Å². The Kier molecular flexibility index (Phi) is 13.4. The molecule has 3 heterocycles. The third kappa shape index (κ3) is 11.7. The molecule has 0 saturated carbocycles. The van der Waals surface area contributed by atoms with E-state index in [-0.39, 0.29) is 20.1 Å². The van der Waals surface area contributed by atoms with E-state index in [2.05, 4.69) is 15.0 Å². The van der Waals surface area contributed by atoms with Crippen molar-refractivity contribution in [2.45, 2.75) is 18.5 Å². The van der Waals surface area contributed by atoms with E-state index >= 15 is 0 Å². The standard InChI is InChI=1S/3C12H8F3N.Ir/c3*13-12(14,15)10-5-3-4-9(8-10)11-6-1-2-7-16-11;/h3*1-8H;/q;;;+3. The van der Waals surface area contributed by atoms with Gasteiger partial charge in [0, 0.05) is 35.3 Å². The van der Waals surface area contributed by atoms with Crippen molar-refractivity contribution in [3.05, 3.63) is 163 Å². The molecule has 0 saturated heterocycles. The van der Waals surface area contributed by atoms with Crippen LogP contribution in [0.5, 0.6) is 0 Å².